The van der Waals surface area contributed by atoms with Gasteiger partial charge in [0.2, 0.25) is 0 Å². The molecule has 1 saturated heterocycles. The zero-order valence-electron chi connectivity index (χ0n) is 9.77. The summed E-state index contributed by atoms with van der Waals surface area (Å²) < 4.78 is 5.69. The van der Waals surface area contributed by atoms with Crippen molar-refractivity contribution in [2.24, 2.45) is 5.41 Å². The molecule has 0 aliphatic carbocycles. The molecule has 1 aliphatic rings. The van der Waals surface area contributed by atoms with Crippen LogP contribution in [0.5, 0.6) is 0 Å². The molecule has 0 spiro atoms. The summed E-state index contributed by atoms with van der Waals surface area (Å²) in [5.74, 6) is 0. The Hall–Kier alpha value is 0.400. The smallest absolute Gasteiger partial charge is 0.0753 e. The normalized spacial score (nSPS) is 23.8. The molecule has 1 aliphatic heterocycles. The summed E-state index contributed by atoms with van der Waals surface area (Å²) in [5, 5.41) is 1.05. The van der Waals surface area contributed by atoms with Gasteiger partial charge in [0.1, 0.15) is 0 Å². The van der Waals surface area contributed by atoms with Crippen LogP contribution in [0.4, 0.5) is 0 Å². The molecule has 0 bridgehead atoms. The molecule has 0 saturated carbocycles. The van der Waals surface area contributed by atoms with Crippen LogP contribution < -0.4 is 0 Å². The van der Waals surface area contributed by atoms with Crippen molar-refractivity contribution in [1.82, 2.24) is 4.90 Å². The maximum absolute atomic E-state index is 5.69. The zero-order valence-corrected chi connectivity index (χ0v) is 11.4. The quantitative estimate of drug-likeness (QED) is 0.726. The van der Waals surface area contributed by atoms with Crippen LogP contribution in [0.15, 0.2) is 0 Å². The largest absolute Gasteiger partial charge is 0.373 e. The predicted molar refractivity (Wildman–Crippen MR) is 64.0 cm³/mol. The predicted octanol–water partition coefficient (Wildman–Crippen LogP) is 2.52. The van der Waals surface area contributed by atoms with Crippen molar-refractivity contribution in [2.45, 2.75) is 33.3 Å². The monoisotopic (exact) mass is 263 g/mol. The van der Waals surface area contributed by atoms with E-state index in [4.69, 9.17) is 4.74 Å². The Kier molecular flexibility index (Phi) is 4.01. The van der Waals surface area contributed by atoms with Gasteiger partial charge in [0.15, 0.2) is 0 Å². The minimum atomic E-state index is 0.0284. The molecule has 0 amide bonds. The number of morpholine rings is 1. The van der Waals surface area contributed by atoms with Crippen molar-refractivity contribution in [2.75, 3.05) is 31.6 Å². The maximum atomic E-state index is 5.69. The first-order valence-electron chi connectivity index (χ1n) is 5.27. The molecule has 2 nitrogen and oxygen atoms in total. The summed E-state index contributed by atoms with van der Waals surface area (Å²) >= 11 is 3.57. The average molecular weight is 264 g/mol. The van der Waals surface area contributed by atoms with Crippen molar-refractivity contribution >= 4 is 15.9 Å². The molecule has 14 heavy (non-hydrogen) atoms. The minimum absolute atomic E-state index is 0.0284. The van der Waals surface area contributed by atoms with Crippen LogP contribution in [0.2, 0.25) is 0 Å². The molecule has 0 aromatic heterocycles. The lowest BCUT2D eigenvalue weighted by molar-refractivity contribution is -0.0915. The number of hydrogen-bond donors (Lipinski definition) is 0. The summed E-state index contributed by atoms with van der Waals surface area (Å²) in [6, 6.07) is 0. The lowest BCUT2D eigenvalue weighted by atomic mass is 9.94. The Morgan fingerprint density at radius 2 is 2.07 bits per heavy atom. The van der Waals surface area contributed by atoms with Gasteiger partial charge in [0.25, 0.3) is 0 Å². The highest BCUT2D eigenvalue weighted by molar-refractivity contribution is 9.09. The minimum Gasteiger partial charge on any atom is -0.373 e. The summed E-state index contributed by atoms with van der Waals surface area (Å²) in [6.07, 6.45) is 0. The van der Waals surface area contributed by atoms with Gasteiger partial charge in [-0.3, -0.25) is 4.90 Å². The Bertz CT molecular complexity index is 192. The van der Waals surface area contributed by atoms with Gasteiger partial charge in [-0.1, -0.05) is 29.8 Å². The topological polar surface area (TPSA) is 12.5 Å². The summed E-state index contributed by atoms with van der Waals surface area (Å²) in [6.45, 7) is 13.1. The van der Waals surface area contributed by atoms with Gasteiger partial charge in [-0.05, 0) is 19.3 Å². The fourth-order valence-electron chi connectivity index (χ4n) is 1.90. The van der Waals surface area contributed by atoms with Gasteiger partial charge in [0, 0.05) is 25.0 Å². The summed E-state index contributed by atoms with van der Waals surface area (Å²) in [7, 11) is 0. The van der Waals surface area contributed by atoms with Gasteiger partial charge in [-0.25, -0.2) is 0 Å². The molecule has 84 valence electrons. The molecule has 1 heterocycles. The number of alkyl halides is 1. The second kappa shape index (κ2) is 4.50. The first-order chi connectivity index (χ1) is 6.35. The first kappa shape index (κ1) is 12.5. The molecule has 1 fully saturated rings. The highest BCUT2D eigenvalue weighted by Crippen LogP contribution is 2.23. The molecule has 0 aromatic rings. The van der Waals surface area contributed by atoms with Crippen molar-refractivity contribution in [3.05, 3.63) is 0 Å². The fourth-order valence-corrected chi connectivity index (χ4v) is 2.07. The zero-order chi connectivity index (χ0) is 10.8. The van der Waals surface area contributed by atoms with Gasteiger partial charge in [0.05, 0.1) is 12.2 Å². The molecule has 0 unspecified atom stereocenters. The lowest BCUT2D eigenvalue weighted by Crippen LogP contribution is -2.51. The third kappa shape index (κ3) is 3.87. The SMILES string of the molecule is CC(C)(CBr)CN1CCOC(C)(C)C1. The van der Waals surface area contributed by atoms with E-state index >= 15 is 0 Å². The molecule has 1 rings (SSSR count). The van der Waals surface area contributed by atoms with Crippen LogP contribution in [0, 0.1) is 5.41 Å². The van der Waals surface area contributed by atoms with E-state index in [0.717, 1.165) is 31.6 Å². The van der Waals surface area contributed by atoms with Crippen molar-refractivity contribution < 1.29 is 4.74 Å². The number of rotatable bonds is 3. The highest BCUT2D eigenvalue weighted by atomic mass is 79.9. The first-order valence-corrected chi connectivity index (χ1v) is 6.39. The van der Waals surface area contributed by atoms with E-state index in [2.05, 4.69) is 48.5 Å². The molecule has 0 radical (unpaired) electrons. The summed E-state index contributed by atoms with van der Waals surface area (Å²) in [5.41, 5.74) is 0.383. The van der Waals surface area contributed by atoms with Crippen LogP contribution >= 0.6 is 15.9 Å². The average Bonchev–Trinajstić information content (AvgIpc) is 2.01. The van der Waals surface area contributed by atoms with Gasteiger partial charge in [-0.2, -0.15) is 0 Å². The number of hydrogen-bond acceptors (Lipinski definition) is 2. The van der Waals surface area contributed by atoms with Crippen molar-refractivity contribution in [3.63, 3.8) is 0 Å². The standard InChI is InChI=1S/C11H22BrNO/c1-10(2,7-12)8-13-5-6-14-11(3,4)9-13/h5-9H2,1-4H3. The van der Waals surface area contributed by atoms with Crippen LogP contribution in [0.3, 0.4) is 0 Å². The van der Waals surface area contributed by atoms with Crippen LogP contribution in [-0.2, 0) is 4.74 Å². The van der Waals surface area contributed by atoms with E-state index in [0.29, 0.717) is 5.41 Å². The second-order valence-corrected chi connectivity index (χ2v) is 6.18. The summed E-state index contributed by atoms with van der Waals surface area (Å²) in [4.78, 5) is 2.50. The molecule has 0 aromatic carbocycles. The lowest BCUT2D eigenvalue weighted by Gasteiger charge is -2.41. The van der Waals surface area contributed by atoms with E-state index in [1.807, 2.05) is 0 Å². The molecular formula is C11H22BrNO. The maximum Gasteiger partial charge on any atom is 0.0753 e. The molecule has 0 N–H and O–H groups in total. The molecular weight excluding hydrogens is 242 g/mol. The molecule has 3 heteroatoms. The highest BCUT2D eigenvalue weighted by Gasteiger charge is 2.30. The van der Waals surface area contributed by atoms with Gasteiger partial charge < -0.3 is 4.74 Å². The number of nitrogens with zero attached hydrogens (tertiary/aromatic N) is 1. The van der Waals surface area contributed by atoms with E-state index in [1.54, 1.807) is 0 Å². The van der Waals surface area contributed by atoms with Crippen molar-refractivity contribution in [3.8, 4) is 0 Å². The Morgan fingerprint density at radius 1 is 1.43 bits per heavy atom. The van der Waals surface area contributed by atoms with E-state index in [-0.39, 0.29) is 5.60 Å². The number of halogens is 1. The van der Waals surface area contributed by atoms with Gasteiger partial charge in [-0.15, -0.1) is 0 Å². The third-order valence-corrected chi connectivity index (χ3v) is 4.04. The van der Waals surface area contributed by atoms with E-state index in [1.165, 1.54) is 0 Å². The van der Waals surface area contributed by atoms with Crippen LogP contribution in [0.25, 0.3) is 0 Å². The number of ether oxygens (including phenoxy) is 1. The van der Waals surface area contributed by atoms with E-state index < -0.39 is 0 Å². The Morgan fingerprint density at radius 3 is 2.57 bits per heavy atom. The van der Waals surface area contributed by atoms with Crippen molar-refractivity contribution in [1.29, 1.82) is 0 Å². The second-order valence-electron chi connectivity index (χ2n) is 5.62. The van der Waals surface area contributed by atoms with Gasteiger partial charge >= 0.3 is 0 Å². The Balaban J connectivity index is 2.46. The third-order valence-electron chi connectivity index (χ3n) is 2.52. The van der Waals surface area contributed by atoms with Crippen LogP contribution in [0.1, 0.15) is 27.7 Å². The van der Waals surface area contributed by atoms with Crippen LogP contribution in [-0.4, -0.2) is 42.1 Å². The fraction of sp³-hybridized carbons (Fsp3) is 1.00. The Labute approximate surface area is 96.1 Å². The van der Waals surface area contributed by atoms with E-state index in [9.17, 15) is 0 Å². The molecule has 0 atom stereocenters.